The van der Waals surface area contributed by atoms with Gasteiger partial charge >= 0.3 is 5.97 Å². The minimum absolute atomic E-state index is 0.115. The van der Waals surface area contributed by atoms with Gasteiger partial charge in [-0.3, -0.25) is 9.59 Å². The molecule has 0 aliphatic carbocycles. The molecule has 122 valence electrons. The highest BCUT2D eigenvalue weighted by molar-refractivity contribution is 6.37. The lowest BCUT2D eigenvalue weighted by Crippen LogP contribution is -2.36. The van der Waals surface area contributed by atoms with Crippen LogP contribution in [0.25, 0.3) is 0 Å². The van der Waals surface area contributed by atoms with Gasteiger partial charge in [-0.05, 0) is 19.1 Å². The molecule has 0 spiro atoms. The molecule has 2 rings (SSSR count). The van der Waals surface area contributed by atoms with Gasteiger partial charge < -0.3 is 10.1 Å². The van der Waals surface area contributed by atoms with Crippen molar-refractivity contribution < 1.29 is 19.1 Å². The van der Waals surface area contributed by atoms with Gasteiger partial charge in [0.25, 0.3) is 5.91 Å². The second-order valence-electron chi connectivity index (χ2n) is 4.98. The zero-order valence-electron chi connectivity index (χ0n) is 12.7. The quantitative estimate of drug-likeness (QED) is 0.849. The van der Waals surface area contributed by atoms with E-state index in [1.54, 1.807) is 24.3 Å². The number of carbonyl (C=O) groups excluding carboxylic acids is 3. The zero-order valence-corrected chi connectivity index (χ0v) is 13.5. The maximum absolute atomic E-state index is 12.0. The number of amides is 2. The third-order valence-corrected chi connectivity index (χ3v) is 3.56. The predicted molar refractivity (Wildman–Crippen MR) is 85.1 cm³/mol. The number of benzene rings is 1. The van der Waals surface area contributed by atoms with Crippen molar-refractivity contribution in [2.45, 2.75) is 25.9 Å². The Morgan fingerprint density at radius 1 is 1.35 bits per heavy atom. The molecule has 1 N–H and O–H groups in total. The Kier molecular flexibility index (Phi) is 5.33. The molecule has 0 fully saturated rings. The second kappa shape index (κ2) is 7.23. The van der Waals surface area contributed by atoms with E-state index in [2.05, 4.69) is 10.4 Å². The van der Waals surface area contributed by atoms with Crippen molar-refractivity contribution in [1.82, 2.24) is 5.01 Å². The van der Waals surface area contributed by atoms with E-state index in [1.165, 1.54) is 14.0 Å². The van der Waals surface area contributed by atoms with Crippen molar-refractivity contribution in [3.8, 4) is 0 Å². The Balaban J connectivity index is 1.96. The fourth-order valence-electron chi connectivity index (χ4n) is 1.90. The molecule has 0 saturated carbocycles. The fraction of sp³-hybridized carbons (Fsp3) is 0.333. The Hall–Kier alpha value is -2.41. The third kappa shape index (κ3) is 4.29. The Bertz CT molecular complexity index is 674. The molecule has 1 aliphatic heterocycles. The van der Waals surface area contributed by atoms with Gasteiger partial charge in [-0.25, -0.2) is 9.80 Å². The van der Waals surface area contributed by atoms with E-state index in [1.807, 2.05) is 0 Å². The normalized spacial score (nSPS) is 15.7. The average molecular weight is 338 g/mol. The molecule has 0 aromatic heterocycles. The summed E-state index contributed by atoms with van der Waals surface area (Å²) in [6, 6.07) is 6.74. The molecule has 1 aromatic carbocycles. The number of ether oxygens (including phenoxy) is 1. The van der Waals surface area contributed by atoms with Crippen LogP contribution in [-0.2, 0) is 19.1 Å². The number of hydrogen-bond acceptors (Lipinski definition) is 5. The van der Waals surface area contributed by atoms with Crippen LogP contribution >= 0.6 is 11.6 Å². The number of hydrazone groups is 1. The summed E-state index contributed by atoms with van der Waals surface area (Å²) in [6.07, 6.45) is -0.643. The Labute approximate surface area is 138 Å². The molecule has 0 radical (unpaired) electrons. The van der Waals surface area contributed by atoms with Gasteiger partial charge in [0.05, 0.1) is 10.7 Å². The number of esters is 1. The summed E-state index contributed by atoms with van der Waals surface area (Å²) in [7, 11) is 1.46. The van der Waals surface area contributed by atoms with Crippen molar-refractivity contribution >= 4 is 40.8 Å². The monoisotopic (exact) mass is 337 g/mol. The standard InChI is InChI=1S/C15H16ClN3O4/c1-9(14(21)17-11-6-4-3-5-10(11)16)23-15(22)12-7-8-13(20)19(2)18-12/h3-6,9H,7-8H2,1-2H3,(H,17,21). The first-order valence-corrected chi connectivity index (χ1v) is 7.36. The van der Waals surface area contributed by atoms with Crippen LogP contribution in [0, 0.1) is 0 Å². The number of nitrogens with zero attached hydrogens (tertiary/aromatic N) is 2. The number of anilines is 1. The summed E-state index contributed by atoms with van der Waals surface area (Å²) >= 11 is 5.95. The zero-order chi connectivity index (χ0) is 17.0. The van der Waals surface area contributed by atoms with Crippen LogP contribution in [0.4, 0.5) is 5.69 Å². The molecular formula is C15H16ClN3O4. The minimum Gasteiger partial charge on any atom is -0.448 e. The van der Waals surface area contributed by atoms with Crippen molar-refractivity contribution in [2.75, 3.05) is 12.4 Å². The van der Waals surface area contributed by atoms with E-state index in [4.69, 9.17) is 16.3 Å². The van der Waals surface area contributed by atoms with Crippen LogP contribution in [-0.4, -0.2) is 41.7 Å². The SMILES string of the molecule is CC(OC(=O)C1=NN(C)C(=O)CC1)C(=O)Nc1ccccc1Cl. The number of hydrogen-bond donors (Lipinski definition) is 1. The first-order chi connectivity index (χ1) is 10.9. The van der Waals surface area contributed by atoms with E-state index in [9.17, 15) is 14.4 Å². The summed E-state index contributed by atoms with van der Waals surface area (Å²) in [4.78, 5) is 35.4. The lowest BCUT2D eigenvalue weighted by Gasteiger charge is -2.20. The van der Waals surface area contributed by atoms with Crippen LogP contribution in [0.5, 0.6) is 0 Å². The number of rotatable bonds is 4. The molecule has 1 atom stereocenters. The van der Waals surface area contributed by atoms with Gasteiger partial charge in [0.2, 0.25) is 5.91 Å². The van der Waals surface area contributed by atoms with Gasteiger partial charge in [-0.1, -0.05) is 23.7 Å². The highest BCUT2D eigenvalue weighted by atomic mass is 35.5. The number of para-hydroxylation sites is 1. The topological polar surface area (TPSA) is 88.1 Å². The molecule has 2 amide bonds. The first-order valence-electron chi connectivity index (χ1n) is 6.99. The molecule has 1 heterocycles. The molecule has 1 aliphatic rings. The number of carbonyl (C=O) groups is 3. The maximum Gasteiger partial charge on any atom is 0.355 e. The van der Waals surface area contributed by atoms with Crippen LogP contribution < -0.4 is 5.32 Å². The van der Waals surface area contributed by atoms with E-state index >= 15 is 0 Å². The highest BCUT2D eigenvalue weighted by Gasteiger charge is 2.26. The van der Waals surface area contributed by atoms with Gasteiger partial charge in [-0.15, -0.1) is 0 Å². The molecule has 1 aromatic rings. The summed E-state index contributed by atoms with van der Waals surface area (Å²) in [5, 5.41) is 7.91. The van der Waals surface area contributed by atoms with Crippen molar-refractivity contribution in [1.29, 1.82) is 0 Å². The lowest BCUT2D eigenvalue weighted by molar-refractivity contribution is -0.146. The summed E-state index contributed by atoms with van der Waals surface area (Å²) in [6.45, 7) is 1.45. The number of halogens is 1. The molecule has 7 nitrogen and oxygen atoms in total. The van der Waals surface area contributed by atoms with Gasteiger partial charge in [0, 0.05) is 19.9 Å². The van der Waals surface area contributed by atoms with Crippen LogP contribution in [0.3, 0.4) is 0 Å². The van der Waals surface area contributed by atoms with Crippen molar-refractivity contribution in [3.05, 3.63) is 29.3 Å². The Morgan fingerprint density at radius 3 is 2.70 bits per heavy atom. The lowest BCUT2D eigenvalue weighted by atomic mass is 10.2. The molecule has 8 heteroatoms. The maximum atomic E-state index is 12.0. The van der Waals surface area contributed by atoms with E-state index in [-0.39, 0.29) is 24.5 Å². The van der Waals surface area contributed by atoms with Crippen molar-refractivity contribution in [3.63, 3.8) is 0 Å². The molecular weight excluding hydrogens is 322 g/mol. The summed E-state index contributed by atoms with van der Waals surface area (Å²) < 4.78 is 5.08. The summed E-state index contributed by atoms with van der Waals surface area (Å²) in [5.41, 5.74) is 0.548. The largest absolute Gasteiger partial charge is 0.448 e. The predicted octanol–water partition coefficient (Wildman–Crippen LogP) is 1.82. The van der Waals surface area contributed by atoms with Crippen LogP contribution in [0.15, 0.2) is 29.4 Å². The van der Waals surface area contributed by atoms with Crippen LogP contribution in [0.2, 0.25) is 5.02 Å². The van der Waals surface area contributed by atoms with E-state index < -0.39 is 18.0 Å². The second-order valence-corrected chi connectivity index (χ2v) is 5.39. The van der Waals surface area contributed by atoms with Crippen molar-refractivity contribution in [2.24, 2.45) is 5.10 Å². The minimum atomic E-state index is -1.02. The molecule has 1 unspecified atom stereocenters. The highest BCUT2D eigenvalue weighted by Crippen LogP contribution is 2.20. The smallest absolute Gasteiger partial charge is 0.355 e. The summed E-state index contributed by atoms with van der Waals surface area (Å²) in [5.74, 6) is -1.40. The van der Waals surface area contributed by atoms with Gasteiger partial charge in [-0.2, -0.15) is 5.10 Å². The first kappa shape index (κ1) is 17.0. The van der Waals surface area contributed by atoms with E-state index in [0.29, 0.717) is 10.7 Å². The molecule has 0 bridgehead atoms. The number of nitrogens with one attached hydrogen (secondary N) is 1. The molecule has 23 heavy (non-hydrogen) atoms. The Morgan fingerprint density at radius 2 is 2.04 bits per heavy atom. The van der Waals surface area contributed by atoms with E-state index in [0.717, 1.165) is 5.01 Å². The van der Waals surface area contributed by atoms with Crippen LogP contribution in [0.1, 0.15) is 19.8 Å². The van der Waals surface area contributed by atoms with Gasteiger partial charge in [0.15, 0.2) is 6.10 Å². The fourth-order valence-corrected chi connectivity index (χ4v) is 2.08. The molecule has 0 saturated heterocycles. The average Bonchev–Trinajstić information content (AvgIpc) is 2.52. The van der Waals surface area contributed by atoms with Gasteiger partial charge in [0.1, 0.15) is 5.71 Å². The third-order valence-electron chi connectivity index (χ3n) is 3.23.